The van der Waals surface area contributed by atoms with Crippen LogP contribution in [0.4, 0.5) is 5.69 Å². The third kappa shape index (κ3) is 6.90. The molecule has 0 aliphatic heterocycles. The van der Waals surface area contributed by atoms with Gasteiger partial charge in [0.2, 0.25) is 23.0 Å². The quantitative estimate of drug-likeness (QED) is 0.286. The summed E-state index contributed by atoms with van der Waals surface area (Å²) < 4.78 is 22.3. The van der Waals surface area contributed by atoms with Crippen LogP contribution in [0.1, 0.15) is 56.0 Å². The Balaban J connectivity index is 1.70. The first-order chi connectivity index (χ1) is 21.1. The molecule has 3 aromatic rings. The average molecular weight is 604 g/mol. The summed E-state index contributed by atoms with van der Waals surface area (Å²) in [5, 5.41) is 9.10. The molecular formula is C34H41N3O7. The van der Waals surface area contributed by atoms with E-state index in [2.05, 4.69) is 16.0 Å². The maximum atomic E-state index is 13.6. The van der Waals surface area contributed by atoms with Gasteiger partial charge in [0, 0.05) is 12.5 Å². The lowest BCUT2D eigenvalue weighted by molar-refractivity contribution is -0.121. The van der Waals surface area contributed by atoms with Crippen molar-refractivity contribution in [3.8, 4) is 34.1 Å². The topological polar surface area (TPSA) is 124 Å². The van der Waals surface area contributed by atoms with Crippen LogP contribution in [0.2, 0.25) is 0 Å². The number of aryl methyl sites for hydroxylation is 1. The van der Waals surface area contributed by atoms with Gasteiger partial charge in [-0.3, -0.25) is 14.4 Å². The van der Waals surface area contributed by atoms with Crippen LogP contribution in [0.3, 0.4) is 0 Å². The molecule has 0 fully saturated rings. The fraction of sp³-hybridized carbons (Fsp3) is 0.382. The highest BCUT2D eigenvalue weighted by Gasteiger charge is 2.29. The molecule has 2 amide bonds. The summed E-state index contributed by atoms with van der Waals surface area (Å²) in [6, 6.07) is 13.8. The second-order valence-corrected chi connectivity index (χ2v) is 11.0. The molecule has 0 saturated heterocycles. The van der Waals surface area contributed by atoms with Crippen LogP contribution in [0.15, 0.2) is 53.3 Å². The maximum Gasteiger partial charge on any atom is 0.239 e. The SMILES string of the molecule is COc1ccc(C(NC(=O)CNc2ccc3c(cc2=O)[C@H](NC(C)=O)CCc2cc(OC)c(OC)c(OC)c2-3)C(C)C)cc1. The average Bonchev–Trinajstić information content (AvgIpc) is 3.25. The van der Waals surface area contributed by atoms with Crippen LogP contribution >= 0.6 is 0 Å². The lowest BCUT2D eigenvalue weighted by Gasteiger charge is -2.23. The Hall–Kier alpha value is -4.73. The van der Waals surface area contributed by atoms with Crippen molar-refractivity contribution in [3.05, 3.63) is 75.4 Å². The number of rotatable bonds is 11. The van der Waals surface area contributed by atoms with E-state index in [9.17, 15) is 14.4 Å². The summed E-state index contributed by atoms with van der Waals surface area (Å²) in [5.41, 5.74) is 3.94. The molecule has 0 radical (unpaired) electrons. The van der Waals surface area contributed by atoms with Crippen molar-refractivity contribution in [2.24, 2.45) is 5.92 Å². The van der Waals surface area contributed by atoms with Crippen LogP contribution in [-0.2, 0) is 16.0 Å². The Labute approximate surface area is 258 Å². The monoisotopic (exact) mass is 603 g/mol. The zero-order valence-electron chi connectivity index (χ0n) is 26.3. The molecule has 3 N–H and O–H groups in total. The third-order valence-corrected chi connectivity index (χ3v) is 7.81. The zero-order chi connectivity index (χ0) is 32.0. The molecule has 44 heavy (non-hydrogen) atoms. The molecule has 0 spiro atoms. The van der Waals surface area contributed by atoms with Gasteiger partial charge in [-0.25, -0.2) is 0 Å². The smallest absolute Gasteiger partial charge is 0.239 e. The normalized spacial score (nSPS) is 14.3. The largest absolute Gasteiger partial charge is 0.497 e. The first-order valence-electron chi connectivity index (χ1n) is 14.6. The van der Waals surface area contributed by atoms with Gasteiger partial charge in [-0.2, -0.15) is 0 Å². The van der Waals surface area contributed by atoms with E-state index in [0.29, 0.717) is 41.2 Å². The molecule has 0 bridgehead atoms. The van der Waals surface area contributed by atoms with Crippen LogP contribution in [-0.4, -0.2) is 46.8 Å². The minimum Gasteiger partial charge on any atom is -0.497 e. The molecule has 234 valence electrons. The predicted octanol–water partition coefficient (Wildman–Crippen LogP) is 4.80. The van der Waals surface area contributed by atoms with Crippen LogP contribution in [0.25, 0.3) is 11.1 Å². The number of amides is 2. The Bertz CT molecular complexity index is 1570. The van der Waals surface area contributed by atoms with Gasteiger partial charge in [0.1, 0.15) is 5.75 Å². The maximum absolute atomic E-state index is 13.6. The highest BCUT2D eigenvalue weighted by molar-refractivity contribution is 5.84. The molecule has 3 aromatic carbocycles. The molecule has 2 atom stereocenters. The predicted molar refractivity (Wildman–Crippen MR) is 170 cm³/mol. The van der Waals surface area contributed by atoms with Crippen molar-refractivity contribution >= 4 is 17.5 Å². The number of carbonyl (C=O) groups excluding carboxylic acids is 2. The first kappa shape index (κ1) is 32.2. The van der Waals surface area contributed by atoms with Crippen molar-refractivity contribution < 1.29 is 28.5 Å². The summed E-state index contributed by atoms with van der Waals surface area (Å²) in [6.07, 6.45) is 1.15. The second-order valence-electron chi connectivity index (χ2n) is 11.0. The van der Waals surface area contributed by atoms with E-state index in [1.165, 1.54) is 20.1 Å². The van der Waals surface area contributed by atoms with Gasteiger partial charge in [-0.1, -0.05) is 32.0 Å². The van der Waals surface area contributed by atoms with Gasteiger partial charge in [-0.15, -0.1) is 0 Å². The first-order valence-corrected chi connectivity index (χ1v) is 14.6. The van der Waals surface area contributed by atoms with Gasteiger partial charge in [-0.05, 0) is 71.3 Å². The Morgan fingerprint density at radius 3 is 2.20 bits per heavy atom. The van der Waals surface area contributed by atoms with Crippen LogP contribution in [0, 0.1) is 5.92 Å². The van der Waals surface area contributed by atoms with Gasteiger partial charge in [0.15, 0.2) is 11.5 Å². The van der Waals surface area contributed by atoms with Crippen molar-refractivity contribution in [2.45, 2.75) is 45.7 Å². The Kier molecular flexibility index (Phi) is 10.4. The van der Waals surface area contributed by atoms with E-state index >= 15 is 0 Å². The van der Waals surface area contributed by atoms with Crippen molar-refractivity contribution in [3.63, 3.8) is 0 Å². The number of methoxy groups -OCH3 is 4. The van der Waals surface area contributed by atoms with Crippen molar-refractivity contribution in [1.82, 2.24) is 10.6 Å². The molecule has 0 saturated carbocycles. The van der Waals surface area contributed by atoms with Crippen LogP contribution in [0.5, 0.6) is 23.0 Å². The lowest BCUT2D eigenvalue weighted by Crippen LogP contribution is -2.36. The van der Waals surface area contributed by atoms with Crippen molar-refractivity contribution in [1.29, 1.82) is 0 Å². The summed E-state index contributed by atoms with van der Waals surface area (Å²) >= 11 is 0. The molecule has 4 rings (SSSR count). The molecule has 1 aliphatic carbocycles. The summed E-state index contributed by atoms with van der Waals surface area (Å²) in [6.45, 7) is 5.41. The number of anilines is 1. The molecular weight excluding hydrogens is 562 g/mol. The number of nitrogens with one attached hydrogen (secondary N) is 3. The minimum atomic E-state index is -0.427. The lowest BCUT2D eigenvalue weighted by atomic mass is 9.95. The van der Waals surface area contributed by atoms with E-state index in [1.54, 1.807) is 27.4 Å². The Morgan fingerprint density at radius 1 is 0.909 bits per heavy atom. The van der Waals surface area contributed by atoms with E-state index in [-0.39, 0.29) is 41.4 Å². The van der Waals surface area contributed by atoms with Crippen LogP contribution < -0.4 is 40.3 Å². The number of benzene rings is 2. The molecule has 0 heterocycles. The molecule has 10 nitrogen and oxygen atoms in total. The number of hydrogen-bond acceptors (Lipinski definition) is 8. The van der Waals surface area contributed by atoms with Gasteiger partial charge < -0.3 is 34.9 Å². The fourth-order valence-electron chi connectivity index (χ4n) is 5.70. The third-order valence-electron chi connectivity index (χ3n) is 7.81. The number of carbonyl (C=O) groups is 2. The fourth-order valence-corrected chi connectivity index (χ4v) is 5.70. The summed E-state index contributed by atoms with van der Waals surface area (Å²) in [5.74, 6) is 1.82. The number of fused-ring (bicyclic) bond motifs is 3. The van der Waals surface area contributed by atoms with Crippen molar-refractivity contribution in [2.75, 3.05) is 40.3 Å². The standard InChI is InChI=1S/C34H41N3O7/c1-19(2)32(21-8-11-23(41-4)12-9-21)37-30(40)18-35-27-15-13-24-25(17-28(27)39)26(36-20(3)38)14-10-22-16-29(42-5)33(43-6)34(44-7)31(22)24/h8-9,11-13,15-17,19,26,32H,10,14,18H2,1-7H3,(H,35,39)(H,36,38)(H,37,40)/t26-,32?/m1/s1. The Morgan fingerprint density at radius 2 is 1.61 bits per heavy atom. The minimum absolute atomic E-state index is 0.108. The zero-order valence-corrected chi connectivity index (χ0v) is 26.3. The van der Waals surface area contributed by atoms with E-state index in [0.717, 1.165) is 22.4 Å². The van der Waals surface area contributed by atoms with E-state index in [1.807, 2.05) is 50.2 Å². The van der Waals surface area contributed by atoms with E-state index < -0.39 is 6.04 Å². The number of ether oxygens (including phenoxy) is 4. The van der Waals surface area contributed by atoms with Gasteiger partial charge >= 0.3 is 0 Å². The van der Waals surface area contributed by atoms with Gasteiger partial charge in [0.05, 0.1) is 52.8 Å². The molecule has 0 aromatic heterocycles. The van der Waals surface area contributed by atoms with Gasteiger partial charge in [0.25, 0.3) is 0 Å². The second kappa shape index (κ2) is 14.2. The van der Waals surface area contributed by atoms with E-state index in [4.69, 9.17) is 18.9 Å². The molecule has 10 heteroatoms. The summed E-state index contributed by atoms with van der Waals surface area (Å²) in [4.78, 5) is 38.8. The number of hydrogen-bond donors (Lipinski definition) is 3. The molecule has 1 unspecified atom stereocenters. The highest BCUT2D eigenvalue weighted by Crippen LogP contribution is 2.50. The highest BCUT2D eigenvalue weighted by atomic mass is 16.5. The molecule has 1 aliphatic rings. The summed E-state index contributed by atoms with van der Waals surface area (Å²) in [7, 11) is 6.26.